The van der Waals surface area contributed by atoms with Crippen molar-refractivity contribution < 1.29 is 5.11 Å². The van der Waals surface area contributed by atoms with Gasteiger partial charge < -0.3 is 15.4 Å². The molecule has 0 aliphatic heterocycles. The van der Waals surface area contributed by atoms with Gasteiger partial charge in [0.15, 0.2) is 0 Å². The van der Waals surface area contributed by atoms with Gasteiger partial charge in [0.2, 0.25) is 0 Å². The monoisotopic (exact) mass is 247 g/mol. The number of rotatable bonds is 5. The molecule has 0 saturated carbocycles. The molecule has 6 nitrogen and oxygen atoms in total. The molecule has 0 radical (unpaired) electrons. The van der Waals surface area contributed by atoms with Crippen molar-refractivity contribution in [3.05, 3.63) is 36.3 Å². The number of hydrogen-bond acceptors (Lipinski definition) is 5. The molecule has 0 aromatic carbocycles. The van der Waals surface area contributed by atoms with Crippen LogP contribution in [0.1, 0.15) is 37.3 Å². The van der Waals surface area contributed by atoms with Crippen molar-refractivity contribution in [2.24, 2.45) is 0 Å². The molecular weight excluding hydrogens is 230 g/mol. The average Bonchev–Trinajstić information content (AvgIpc) is 2.90. The Hall–Kier alpha value is -1.95. The summed E-state index contributed by atoms with van der Waals surface area (Å²) in [5.74, 6) is 1.07. The van der Waals surface area contributed by atoms with E-state index in [0.717, 1.165) is 5.69 Å². The summed E-state index contributed by atoms with van der Waals surface area (Å²) in [6, 6.07) is 1.89. The SMILES string of the molecule is CC(C)c1cc(NCC(O)c2cnc[nH]2)ncn1. The zero-order chi connectivity index (χ0) is 13.0. The standard InChI is InChI=1S/C12H17N5O/c1-8(2)9-3-12(17-7-16-9)14-5-11(18)10-4-13-6-15-10/h3-4,6-8,11,18H,5H2,1-2H3,(H,13,15)(H,14,16,17). The van der Waals surface area contributed by atoms with E-state index in [1.54, 1.807) is 12.5 Å². The number of aliphatic hydroxyl groups excluding tert-OH is 1. The smallest absolute Gasteiger partial charge is 0.129 e. The van der Waals surface area contributed by atoms with Crippen LogP contribution < -0.4 is 5.32 Å². The quantitative estimate of drug-likeness (QED) is 0.744. The van der Waals surface area contributed by atoms with E-state index in [4.69, 9.17) is 0 Å². The van der Waals surface area contributed by atoms with Gasteiger partial charge in [-0.25, -0.2) is 15.0 Å². The number of nitrogens with one attached hydrogen (secondary N) is 2. The molecule has 18 heavy (non-hydrogen) atoms. The maximum absolute atomic E-state index is 9.87. The van der Waals surface area contributed by atoms with Crippen LogP contribution in [-0.4, -0.2) is 31.6 Å². The van der Waals surface area contributed by atoms with Gasteiger partial charge in [0, 0.05) is 18.3 Å². The summed E-state index contributed by atoms with van der Waals surface area (Å²) < 4.78 is 0. The van der Waals surface area contributed by atoms with Crippen molar-refractivity contribution in [1.82, 2.24) is 19.9 Å². The molecule has 0 aliphatic carbocycles. The highest BCUT2D eigenvalue weighted by Gasteiger charge is 2.09. The summed E-state index contributed by atoms with van der Waals surface area (Å²) >= 11 is 0. The van der Waals surface area contributed by atoms with Gasteiger partial charge in [-0.3, -0.25) is 0 Å². The van der Waals surface area contributed by atoms with E-state index in [0.29, 0.717) is 24.0 Å². The largest absolute Gasteiger partial charge is 0.385 e. The van der Waals surface area contributed by atoms with Crippen molar-refractivity contribution in [1.29, 1.82) is 0 Å². The Labute approximate surface area is 106 Å². The molecule has 2 aromatic heterocycles. The highest BCUT2D eigenvalue weighted by molar-refractivity contribution is 5.35. The second-order valence-corrected chi connectivity index (χ2v) is 4.39. The number of aliphatic hydroxyl groups is 1. The first-order valence-electron chi connectivity index (χ1n) is 5.89. The number of anilines is 1. The van der Waals surface area contributed by atoms with Crippen LogP contribution in [0.15, 0.2) is 24.9 Å². The maximum Gasteiger partial charge on any atom is 0.129 e. The Morgan fingerprint density at radius 1 is 1.39 bits per heavy atom. The zero-order valence-electron chi connectivity index (χ0n) is 10.5. The van der Waals surface area contributed by atoms with Crippen molar-refractivity contribution in [3.8, 4) is 0 Å². The molecule has 0 amide bonds. The first-order valence-corrected chi connectivity index (χ1v) is 5.89. The third-order valence-electron chi connectivity index (χ3n) is 2.63. The van der Waals surface area contributed by atoms with Gasteiger partial charge in [0.05, 0.1) is 18.2 Å². The summed E-state index contributed by atoms with van der Waals surface area (Å²) in [5, 5.41) is 13.0. The molecule has 1 unspecified atom stereocenters. The predicted octanol–water partition coefficient (Wildman–Crippen LogP) is 1.47. The minimum atomic E-state index is -0.634. The third-order valence-corrected chi connectivity index (χ3v) is 2.63. The summed E-state index contributed by atoms with van der Waals surface area (Å²) in [7, 11) is 0. The number of aromatic nitrogens is 4. The Balaban J connectivity index is 1.96. The molecule has 2 aromatic rings. The fourth-order valence-corrected chi connectivity index (χ4v) is 1.54. The number of hydrogen-bond donors (Lipinski definition) is 3. The lowest BCUT2D eigenvalue weighted by Gasteiger charge is -2.11. The molecule has 6 heteroatoms. The van der Waals surface area contributed by atoms with E-state index < -0.39 is 6.10 Å². The topological polar surface area (TPSA) is 86.7 Å². The van der Waals surface area contributed by atoms with Crippen LogP contribution in [0.25, 0.3) is 0 Å². The molecule has 1 atom stereocenters. The molecule has 2 rings (SSSR count). The fraction of sp³-hybridized carbons (Fsp3) is 0.417. The highest BCUT2D eigenvalue weighted by Crippen LogP contribution is 2.15. The predicted molar refractivity (Wildman–Crippen MR) is 68.2 cm³/mol. The summed E-state index contributed by atoms with van der Waals surface area (Å²) in [5.41, 5.74) is 1.66. The summed E-state index contributed by atoms with van der Waals surface area (Å²) in [4.78, 5) is 15.0. The number of aromatic amines is 1. The van der Waals surface area contributed by atoms with Crippen molar-refractivity contribution >= 4 is 5.82 Å². The normalized spacial score (nSPS) is 12.7. The second kappa shape index (κ2) is 5.59. The minimum absolute atomic E-state index is 0.353. The van der Waals surface area contributed by atoms with E-state index in [1.165, 1.54) is 6.33 Å². The lowest BCUT2D eigenvalue weighted by atomic mass is 10.1. The Morgan fingerprint density at radius 2 is 2.22 bits per heavy atom. The van der Waals surface area contributed by atoms with Crippen LogP contribution in [-0.2, 0) is 0 Å². The van der Waals surface area contributed by atoms with Crippen molar-refractivity contribution in [2.45, 2.75) is 25.9 Å². The molecule has 96 valence electrons. The average molecular weight is 247 g/mol. The Kier molecular flexibility index (Phi) is 3.88. The van der Waals surface area contributed by atoms with Crippen LogP contribution in [0.5, 0.6) is 0 Å². The molecule has 2 heterocycles. The second-order valence-electron chi connectivity index (χ2n) is 4.39. The van der Waals surface area contributed by atoms with E-state index in [9.17, 15) is 5.11 Å². The summed E-state index contributed by atoms with van der Waals surface area (Å²) in [6.07, 6.45) is 4.04. The van der Waals surface area contributed by atoms with E-state index in [1.807, 2.05) is 6.07 Å². The van der Waals surface area contributed by atoms with Gasteiger partial charge in [-0.15, -0.1) is 0 Å². The molecule has 0 fully saturated rings. The van der Waals surface area contributed by atoms with Gasteiger partial charge >= 0.3 is 0 Å². The Morgan fingerprint density at radius 3 is 2.89 bits per heavy atom. The van der Waals surface area contributed by atoms with Crippen molar-refractivity contribution in [3.63, 3.8) is 0 Å². The molecule has 0 aliphatic rings. The zero-order valence-corrected chi connectivity index (χ0v) is 10.5. The Bertz CT molecular complexity index is 483. The van der Waals surface area contributed by atoms with Crippen LogP contribution in [0, 0.1) is 0 Å². The van der Waals surface area contributed by atoms with Gasteiger partial charge in [0.1, 0.15) is 18.2 Å². The first kappa shape index (κ1) is 12.5. The van der Waals surface area contributed by atoms with Crippen molar-refractivity contribution in [2.75, 3.05) is 11.9 Å². The minimum Gasteiger partial charge on any atom is -0.385 e. The van der Waals surface area contributed by atoms with Crippen LogP contribution >= 0.6 is 0 Å². The third kappa shape index (κ3) is 3.04. The molecule has 3 N–H and O–H groups in total. The number of nitrogens with zero attached hydrogens (tertiary/aromatic N) is 3. The summed E-state index contributed by atoms with van der Waals surface area (Å²) in [6.45, 7) is 4.52. The van der Waals surface area contributed by atoms with Gasteiger partial charge in [-0.05, 0) is 5.92 Å². The van der Waals surface area contributed by atoms with Gasteiger partial charge in [-0.2, -0.15) is 0 Å². The fourth-order valence-electron chi connectivity index (χ4n) is 1.54. The molecule has 0 spiro atoms. The van der Waals surface area contributed by atoms with E-state index in [2.05, 4.69) is 39.1 Å². The van der Waals surface area contributed by atoms with E-state index in [-0.39, 0.29) is 0 Å². The van der Waals surface area contributed by atoms with Crippen LogP contribution in [0.2, 0.25) is 0 Å². The van der Waals surface area contributed by atoms with Gasteiger partial charge in [-0.1, -0.05) is 13.8 Å². The lowest BCUT2D eigenvalue weighted by Crippen LogP contribution is -2.13. The van der Waals surface area contributed by atoms with Crippen LogP contribution in [0.4, 0.5) is 5.82 Å². The number of H-pyrrole nitrogens is 1. The molecular formula is C12H17N5O. The highest BCUT2D eigenvalue weighted by atomic mass is 16.3. The van der Waals surface area contributed by atoms with Gasteiger partial charge in [0.25, 0.3) is 0 Å². The van der Waals surface area contributed by atoms with Crippen LogP contribution in [0.3, 0.4) is 0 Å². The molecule has 0 saturated heterocycles. The number of imidazole rings is 1. The molecule has 0 bridgehead atoms. The lowest BCUT2D eigenvalue weighted by molar-refractivity contribution is 0.187. The van der Waals surface area contributed by atoms with E-state index >= 15 is 0 Å². The maximum atomic E-state index is 9.87. The first-order chi connectivity index (χ1) is 8.66.